The van der Waals surface area contributed by atoms with Crippen molar-refractivity contribution in [3.8, 4) is 5.75 Å². The molecule has 26 heavy (non-hydrogen) atoms. The third-order valence-corrected chi connectivity index (χ3v) is 4.00. The van der Waals surface area contributed by atoms with Crippen molar-refractivity contribution in [3.63, 3.8) is 0 Å². The molecule has 0 aliphatic carbocycles. The Labute approximate surface area is 158 Å². The van der Waals surface area contributed by atoms with E-state index in [4.69, 9.17) is 26.8 Å². The summed E-state index contributed by atoms with van der Waals surface area (Å²) in [6.07, 6.45) is 0.572. The molecular formula is C18H25ClFN3O3. The van der Waals surface area contributed by atoms with Crippen LogP contribution >= 0.6 is 11.6 Å². The molecule has 0 aromatic heterocycles. The van der Waals surface area contributed by atoms with Crippen molar-refractivity contribution >= 4 is 29.2 Å². The van der Waals surface area contributed by atoms with E-state index in [9.17, 15) is 9.18 Å². The number of hydrogen-bond donors (Lipinski definition) is 1. The van der Waals surface area contributed by atoms with Crippen LogP contribution in [0.15, 0.2) is 23.2 Å². The van der Waals surface area contributed by atoms with Crippen LogP contribution in [0.3, 0.4) is 0 Å². The lowest BCUT2D eigenvalue weighted by molar-refractivity contribution is 0.0124. The predicted octanol–water partition coefficient (Wildman–Crippen LogP) is 3.83. The molecule has 1 aromatic carbocycles. The molecule has 0 bridgehead atoms. The number of alkyl halides is 1. The SMILES string of the molecule is CC(C)(C)OC(=O)N1CCC(Oc2c(F)cccc2N=C(N)CCl)CC1. The van der Waals surface area contributed by atoms with Crippen molar-refractivity contribution in [1.29, 1.82) is 0 Å². The quantitative estimate of drug-likeness (QED) is 0.485. The molecule has 1 amide bonds. The van der Waals surface area contributed by atoms with E-state index in [0.717, 1.165) is 0 Å². The molecule has 8 heteroatoms. The number of aliphatic imine (C=N–C) groups is 1. The highest BCUT2D eigenvalue weighted by Gasteiger charge is 2.28. The van der Waals surface area contributed by atoms with Gasteiger partial charge in [-0.1, -0.05) is 6.07 Å². The molecule has 1 aliphatic rings. The first kappa shape index (κ1) is 20.3. The van der Waals surface area contributed by atoms with Gasteiger partial charge in [-0.25, -0.2) is 14.2 Å². The molecule has 6 nitrogen and oxygen atoms in total. The first-order chi connectivity index (χ1) is 12.2. The van der Waals surface area contributed by atoms with Crippen molar-refractivity contribution in [2.45, 2.75) is 45.3 Å². The molecule has 0 spiro atoms. The number of likely N-dealkylation sites (tertiary alicyclic amines) is 1. The molecule has 2 N–H and O–H groups in total. The second-order valence-electron chi connectivity index (χ2n) is 7.11. The Balaban J connectivity index is 2.01. The van der Waals surface area contributed by atoms with Crippen molar-refractivity contribution in [3.05, 3.63) is 24.0 Å². The van der Waals surface area contributed by atoms with Crippen molar-refractivity contribution in [1.82, 2.24) is 4.90 Å². The summed E-state index contributed by atoms with van der Waals surface area (Å²) in [5.41, 5.74) is 5.41. The summed E-state index contributed by atoms with van der Waals surface area (Å²) >= 11 is 5.64. The fourth-order valence-electron chi connectivity index (χ4n) is 2.54. The van der Waals surface area contributed by atoms with Gasteiger partial charge in [0.25, 0.3) is 0 Å². The van der Waals surface area contributed by atoms with Gasteiger partial charge < -0.3 is 20.1 Å². The molecule has 1 aliphatic heterocycles. The number of benzene rings is 1. The van der Waals surface area contributed by atoms with Crippen molar-refractivity contribution < 1.29 is 18.7 Å². The highest BCUT2D eigenvalue weighted by molar-refractivity contribution is 6.28. The van der Waals surface area contributed by atoms with E-state index in [0.29, 0.717) is 31.6 Å². The molecule has 0 unspecified atom stereocenters. The number of piperidine rings is 1. The molecular weight excluding hydrogens is 361 g/mol. The topological polar surface area (TPSA) is 77.1 Å². The van der Waals surface area contributed by atoms with Gasteiger partial charge in [0.2, 0.25) is 0 Å². The van der Waals surface area contributed by atoms with Crippen molar-refractivity contribution in [2.75, 3.05) is 19.0 Å². The summed E-state index contributed by atoms with van der Waals surface area (Å²) in [5, 5.41) is 0. The third-order valence-electron chi connectivity index (χ3n) is 3.73. The Kier molecular flexibility index (Phi) is 6.69. The van der Waals surface area contributed by atoms with E-state index in [1.807, 2.05) is 20.8 Å². The number of rotatable bonds is 4. The van der Waals surface area contributed by atoms with Crippen LogP contribution in [0.5, 0.6) is 5.75 Å². The van der Waals surface area contributed by atoms with Crippen LogP contribution in [0.4, 0.5) is 14.9 Å². The predicted molar refractivity (Wildman–Crippen MR) is 99.9 cm³/mol. The molecule has 0 radical (unpaired) electrons. The zero-order chi connectivity index (χ0) is 19.3. The molecule has 1 aromatic rings. The van der Waals surface area contributed by atoms with Gasteiger partial charge in [-0.2, -0.15) is 0 Å². The molecule has 0 atom stereocenters. The Morgan fingerprint density at radius 2 is 2.04 bits per heavy atom. The zero-order valence-corrected chi connectivity index (χ0v) is 16.1. The van der Waals surface area contributed by atoms with Crippen molar-refractivity contribution in [2.24, 2.45) is 10.7 Å². The van der Waals surface area contributed by atoms with E-state index >= 15 is 0 Å². The molecule has 1 saturated heterocycles. The number of amidine groups is 1. The number of ether oxygens (including phenoxy) is 2. The first-order valence-corrected chi connectivity index (χ1v) is 9.05. The summed E-state index contributed by atoms with van der Waals surface area (Å²) < 4.78 is 25.4. The van der Waals surface area contributed by atoms with Crippen LogP contribution in [0, 0.1) is 5.82 Å². The highest BCUT2D eigenvalue weighted by Crippen LogP contribution is 2.33. The normalized spacial score (nSPS) is 16.5. The smallest absolute Gasteiger partial charge is 0.410 e. The van der Waals surface area contributed by atoms with Gasteiger partial charge in [0.1, 0.15) is 23.2 Å². The number of halogens is 2. The summed E-state index contributed by atoms with van der Waals surface area (Å²) in [5.74, 6) is -0.231. The van der Waals surface area contributed by atoms with Gasteiger partial charge in [-0.3, -0.25) is 0 Å². The number of para-hydroxylation sites is 1. The van der Waals surface area contributed by atoms with Gasteiger partial charge in [-0.15, -0.1) is 11.6 Å². The fraction of sp³-hybridized carbons (Fsp3) is 0.556. The average Bonchev–Trinajstić information content (AvgIpc) is 2.57. The summed E-state index contributed by atoms with van der Waals surface area (Å²) in [7, 11) is 0. The van der Waals surface area contributed by atoms with E-state index in [1.165, 1.54) is 12.1 Å². The Bertz CT molecular complexity index is 668. The number of hydrogen-bond acceptors (Lipinski definition) is 4. The minimum absolute atomic E-state index is 0.0459. The molecule has 144 valence electrons. The maximum absolute atomic E-state index is 14.2. The standard InChI is InChI=1S/C18H25ClFN3O3/c1-18(2,3)26-17(24)23-9-7-12(8-10-23)25-16-13(20)5-4-6-14(16)22-15(21)11-19/h4-6,12H,7-11H2,1-3H3,(H2,21,22). The Morgan fingerprint density at radius 1 is 1.38 bits per heavy atom. The largest absolute Gasteiger partial charge is 0.485 e. The summed E-state index contributed by atoms with van der Waals surface area (Å²) in [6.45, 7) is 6.45. The third kappa shape index (κ3) is 5.76. The van der Waals surface area contributed by atoms with Gasteiger partial charge in [0, 0.05) is 25.9 Å². The highest BCUT2D eigenvalue weighted by atomic mass is 35.5. The van der Waals surface area contributed by atoms with E-state index in [1.54, 1.807) is 11.0 Å². The lowest BCUT2D eigenvalue weighted by Crippen LogP contribution is -2.44. The van der Waals surface area contributed by atoms with E-state index < -0.39 is 11.4 Å². The minimum atomic E-state index is -0.535. The van der Waals surface area contributed by atoms with E-state index in [-0.39, 0.29) is 29.7 Å². The maximum Gasteiger partial charge on any atom is 0.410 e. The van der Waals surface area contributed by atoms with Crippen LogP contribution in [0.1, 0.15) is 33.6 Å². The molecule has 1 fully saturated rings. The lowest BCUT2D eigenvalue weighted by atomic mass is 10.1. The second-order valence-corrected chi connectivity index (χ2v) is 7.38. The summed E-state index contributed by atoms with van der Waals surface area (Å²) in [6, 6.07) is 4.46. The Morgan fingerprint density at radius 3 is 2.62 bits per heavy atom. The number of carbonyl (C=O) groups excluding carboxylic acids is 1. The van der Waals surface area contributed by atoms with Gasteiger partial charge in [0.05, 0.1) is 5.88 Å². The maximum atomic E-state index is 14.2. The van der Waals surface area contributed by atoms with Gasteiger partial charge >= 0.3 is 6.09 Å². The first-order valence-electron chi connectivity index (χ1n) is 8.51. The minimum Gasteiger partial charge on any atom is -0.485 e. The average molecular weight is 386 g/mol. The van der Waals surface area contributed by atoms with Crippen LogP contribution in [0.2, 0.25) is 0 Å². The van der Waals surface area contributed by atoms with Crippen LogP contribution in [-0.2, 0) is 4.74 Å². The molecule has 0 saturated carbocycles. The number of nitrogens with two attached hydrogens (primary N) is 1. The van der Waals surface area contributed by atoms with Gasteiger partial charge in [-0.05, 0) is 32.9 Å². The molecule has 1 heterocycles. The van der Waals surface area contributed by atoms with Crippen LogP contribution < -0.4 is 10.5 Å². The number of carbonyl (C=O) groups is 1. The molecule has 2 rings (SSSR count). The van der Waals surface area contributed by atoms with E-state index in [2.05, 4.69) is 4.99 Å². The summed E-state index contributed by atoms with van der Waals surface area (Å²) in [4.78, 5) is 17.8. The number of nitrogens with zero attached hydrogens (tertiary/aromatic N) is 2. The van der Waals surface area contributed by atoms with Gasteiger partial charge in [0.15, 0.2) is 11.6 Å². The Hall–Kier alpha value is -2.02. The zero-order valence-electron chi connectivity index (χ0n) is 15.3. The number of amides is 1. The van der Waals surface area contributed by atoms with Crippen LogP contribution in [-0.4, -0.2) is 47.5 Å². The second kappa shape index (κ2) is 8.58. The fourth-order valence-corrected chi connectivity index (χ4v) is 2.60. The van der Waals surface area contributed by atoms with Crippen LogP contribution in [0.25, 0.3) is 0 Å². The monoisotopic (exact) mass is 385 g/mol. The lowest BCUT2D eigenvalue weighted by Gasteiger charge is -2.33.